The molecule has 1 aromatic heterocycles. The highest BCUT2D eigenvalue weighted by molar-refractivity contribution is 6.10. The monoisotopic (exact) mass is 605 g/mol. The second-order valence-electron chi connectivity index (χ2n) is 8.80. The number of piperazine rings is 1. The van der Waals surface area contributed by atoms with Gasteiger partial charge in [-0.15, -0.1) is 0 Å². The van der Waals surface area contributed by atoms with Crippen LogP contribution in [0.3, 0.4) is 0 Å². The van der Waals surface area contributed by atoms with E-state index >= 15 is 0 Å². The standard InChI is InChI=1S/C22H26FN5O7.C2HF3O2/c1-35-10-9-26-5-7-27(8-6-26)21-14-3-2-4-17(28(33)34)20(14)24-13-15(21)22(32)25-16(11-19(30)31)18(29)12-23;3-2(4,5)1(6)7/h2-4,13,16H,5-12H2,1H3,(H,25,32)(H,30,31);(H,6,7). The van der Waals surface area contributed by atoms with E-state index in [1.54, 1.807) is 13.2 Å². The first-order chi connectivity index (χ1) is 19.7. The van der Waals surface area contributed by atoms with Crippen molar-refractivity contribution in [2.75, 3.05) is 58.0 Å². The van der Waals surface area contributed by atoms with Gasteiger partial charge in [-0.3, -0.25) is 29.4 Å². The van der Waals surface area contributed by atoms with Crippen molar-refractivity contribution in [3.63, 3.8) is 0 Å². The number of fused-ring (bicyclic) bond motifs is 1. The first kappa shape index (κ1) is 33.8. The van der Waals surface area contributed by atoms with Crippen LogP contribution in [0.25, 0.3) is 10.9 Å². The van der Waals surface area contributed by atoms with Crippen LogP contribution in [0.2, 0.25) is 0 Å². The number of carboxylic acid groups (broad SMARTS) is 2. The molecular formula is C24H27F4N5O9. The molecule has 0 radical (unpaired) electrons. The fourth-order valence-corrected chi connectivity index (χ4v) is 4.01. The van der Waals surface area contributed by atoms with Gasteiger partial charge in [0.05, 0.1) is 29.2 Å². The highest BCUT2D eigenvalue weighted by Crippen LogP contribution is 2.34. The summed E-state index contributed by atoms with van der Waals surface area (Å²) in [4.78, 5) is 64.3. The van der Waals surface area contributed by atoms with Gasteiger partial charge in [-0.05, 0) is 0 Å². The van der Waals surface area contributed by atoms with E-state index in [0.29, 0.717) is 43.9 Å². The normalized spacial score (nSPS) is 14.5. The Labute approximate surface area is 235 Å². The van der Waals surface area contributed by atoms with Gasteiger partial charge in [-0.1, -0.05) is 12.1 Å². The number of benzene rings is 1. The summed E-state index contributed by atoms with van der Waals surface area (Å²) in [6.07, 6.45) is -4.70. The number of nitro groups is 1. The van der Waals surface area contributed by atoms with Crippen LogP contribution < -0.4 is 10.2 Å². The molecule has 0 saturated carbocycles. The second kappa shape index (κ2) is 15.0. The molecule has 1 amide bonds. The fraction of sp³-hybridized carbons (Fsp3) is 0.458. The molecule has 2 heterocycles. The second-order valence-corrected chi connectivity index (χ2v) is 8.80. The number of halogens is 4. The van der Waals surface area contributed by atoms with Crippen molar-refractivity contribution in [1.29, 1.82) is 0 Å². The number of pyridine rings is 1. The number of carboxylic acids is 2. The fourth-order valence-electron chi connectivity index (χ4n) is 4.01. The lowest BCUT2D eigenvalue weighted by molar-refractivity contribution is -0.383. The van der Waals surface area contributed by atoms with Crippen LogP contribution in [0.1, 0.15) is 16.8 Å². The number of hydrogen-bond donors (Lipinski definition) is 3. The lowest BCUT2D eigenvalue weighted by atomic mass is 10.0. The molecule has 230 valence electrons. The number of ketones is 1. The van der Waals surface area contributed by atoms with Crippen molar-refractivity contribution in [3.8, 4) is 0 Å². The molecule has 1 atom stereocenters. The maximum atomic E-state index is 13.2. The number of Topliss-reactive ketones (excluding diaryl/α,β-unsaturated/α-hetero) is 1. The molecule has 42 heavy (non-hydrogen) atoms. The summed E-state index contributed by atoms with van der Waals surface area (Å²) in [5.41, 5.74) is 0.244. The molecule has 0 spiro atoms. The Morgan fingerprint density at radius 3 is 2.29 bits per heavy atom. The molecule has 1 saturated heterocycles. The van der Waals surface area contributed by atoms with Gasteiger partial charge in [0.2, 0.25) is 0 Å². The summed E-state index contributed by atoms with van der Waals surface area (Å²) in [7, 11) is 1.61. The number of carbonyl (C=O) groups excluding carboxylic acids is 2. The van der Waals surface area contributed by atoms with Gasteiger partial charge in [0.25, 0.3) is 11.6 Å². The Kier molecular flexibility index (Phi) is 12.0. The molecule has 3 rings (SSSR count). The molecule has 1 aromatic carbocycles. The molecule has 0 bridgehead atoms. The maximum Gasteiger partial charge on any atom is 0.490 e. The van der Waals surface area contributed by atoms with E-state index in [9.17, 15) is 42.1 Å². The third-order valence-corrected chi connectivity index (χ3v) is 6.04. The molecule has 3 N–H and O–H groups in total. The van der Waals surface area contributed by atoms with Gasteiger partial charge in [0, 0.05) is 57.5 Å². The number of alkyl halides is 4. The molecule has 18 heteroatoms. The first-order valence-corrected chi connectivity index (χ1v) is 12.1. The quantitative estimate of drug-likeness (QED) is 0.191. The van der Waals surface area contributed by atoms with E-state index in [1.165, 1.54) is 12.1 Å². The van der Waals surface area contributed by atoms with Gasteiger partial charge in [0.1, 0.15) is 18.2 Å². The highest BCUT2D eigenvalue weighted by atomic mass is 19.4. The summed E-state index contributed by atoms with van der Waals surface area (Å²) in [5.74, 6) is -6.03. The molecule has 1 unspecified atom stereocenters. The van der Waals surface area contributed by atoms with Crippen LogP contribution in [0, 0.1) is 10.1 Å². The molecule has 0 aliphatic carbocycles. The van der Waals surface area contributed by atoms with Crippen LogP contribution in [0.15, 0.2) is 24.4 Å². The number of anilines is 1. The average molecular weight is 605 g/mol. The number of nitrogens with zero attached hydrogens (tertiary/aromatic N) is 4. The Morgan fingerprint density at radius 1 is 1.17 bits per heavy atom. The van der Waals surface area contributed by atoms with Gasteiger partial charge >= 0.3 is 18.1 Å². The predicted octanol–water partition coefficient (Wildman–Crippen LogP) is 1.66. The Bertz CT molecular complexity index is 1320. The Balaban J connectivity index is 0.000000782. The van der Waals surface area contributed by atoms with Gasteiger partial charge in [-0.2, -0.15) is 13.2 Å². The number of ether oxygens (including phenoxy) is 1. The van der Waals surface area contributed by atoms with Gasteiger partial charge < -0.3 is 25.2 Å². The Hall–Kier alpha value is -4.45. The first-order valence-electron chi connectivity index (χ1n) is 12.1. The van der Waals surface area contributed by atoms with Crippen molar-refractivity contribution in [2.24, 2.45) is 0 Å². The van der Waals surface area contributed by atoms with E-state index in [4.69, 9.17) is 19.7 Å². The molecule has 1 fully saturated rings. The number of amides is 1. The topological polar surface area (TPSA) is 193 Å². The zero-order valence-corrected chi connectivity index (χ0v) is 22.1. The van der Waals surface area contributed by atoms with E-state index in [2.05, 4.69) is 15.2 Å². The maximum absolute atomic E-state index is 13.2. The number of rotatable bonds is 11. The van der Waals surface area contributed by atoms with Crippen molar-refractivity contribution < 1.29 is 56.6 Å². The van der Waals surface area contributed by atoms with Crippen molar-refractivity contribution in [2.45, 2.75) is 18.6 Å². The number of aliphatic carboxylic acids is 2. The molecule has 2 aromatic rings. The van der Waals surface area contributed by atoms with E-state index in [0.717, 1.165) is 12.7 Å². The van der Waals surface area contributed by atoms with Crippen LogP contribution in [-0.4, -0.2) is 114 Å². The number of hydrogen-bond acceptors (Lipinski definition) is 10. The number of nitrogens with one attached hydrogen (secondary N) is 1. The summed E-state index contributed by atoms with van der Waals surface area (Å²) < 4.78 is 49.8. The number of carbonyl (C=O) groups is 4. The van der Waals surface area contributed by atoms with Crippen molar-refractivity contribution in [3.05, 3.63) is 40.1 Å². The van der Waals surface area contributed by atoms with E-state index < -0.39 is 53.9 Å². The third-order valence-electron chi connectivity index (χ3n) is 6.04. The van der Waals surface area contributed by atoms with Gasteiger partial charge in [-0.25, -0.2) is 14.2 Å². The summed E-state index contributed by atoms with van der Waals surface area (Å²) in [6.45, 7) is 2.13. The van der Waals surface area contributed by atoms with Crippen LogP contribution in [0.5, 0.6) is 0 Å². The number of para-hydroxylation sites is 1. The minimum Gasteiger partial charge on any atom is -0.481 e. The smallest absolute Gasteiger partial charge is 0.481 e. The van der Waals surface area contributed by atoms with Gasteiger partial charge in [0.15, 0.2) is 5.78 Å². The van der Waals surface area contributed by atoms with E-state index in [-0.39, 0.29) is 16.8 Å². The molecule has 1 aliphatic heterocycles. The average Bonchev–Trinajstić information content (AvgIpc) is 2.94. The summed E-state index contributed by atoms with van der Waals surface area (Å²) in [5, 5.41) is 30.4. The minimum absolute atomic E-state index is 0.00499. The largest absolute Gasteiger partial charge is 0.490 e. The zero-order chi connectivity index (χ0) is 31.6. The number of non-ortho nitro benzene ring substituents is 1. The Morgan fingerprint density at radius 2 is 1.79 bits per heavy atom. The lowest BCUT2D eigenvalue weighted by Gasteiger charge is -2.37. The summed E-state index contributed by atoms with van der Waals surface area (Å²) in [6, 6.07) is 2.84. The third kappa shape index (κ3) is 9.03. The van der Waals surface area contributed by atoms with E-state index in [1.807, 2.05) is 4.90 Å². The van der Waals surface area contributed by atoms with Crippen LogP contribution >= 0.6 is 0 Å². The number of nitro benzene ring substituents is 1. The summed E-state index contributed by atoms with van der Waals surface area (Å²) >= 11 is 0. The number of methoxy groups -OCH3 is 1. The molecular weight excluding hydrogens is 578 g/mol. The predicted molar refractivity (Wildman–Crippen MR) is 137 cm³/mol. The zero-order valence-electron chi connectivity index (χ0n) is 22.1. The minimum atomic E-state index is -5.08. The van der Waals surface area contributed by atoms with Crippen LogP contribution in [0.4, 0.5) is 28.9 Å². The number of aromatic nitrogens is 1. The SMILES string of the molecule is COCCN1CCN(c2c(C(=O)NC(CC(=O)O)C(=O)CF)cnc3c([N+](=O)[O-])cccc23)CC1.O=C(O)C(F)(F)F. The molecule has 14 nitrogen and oxygen atoms in total. The van der Waals surface area contributed by atoms with Crippen molar-refractivity contribution in [1.82, 2.24) is 15.2 Å². The lowest BCUT2D eigenvalue weighted by Crippen LogP contribution is -2.48. The highest BCUT2D eigenvalue weighted by Gasteiger charge is 2.38. The van der Waals surface area contributed by atoms with Crippen LogP contribution in [-0.2, 0) is 19.1 Å². The van der Waals surface area contributed by atoms with Crippen molar-refractivity contribution >= 4 is 45.9 Å². The molecule has 1 aliphatic rings.